The zero-order valence-corrected chi connectivity index (χ0v) is 38.4. The summed E-state index contributed by atoms with van der Waals surface area (Å²) in [6, 6.07) is 25.6. The van der Waals surface area contributed by atoms with Gasteiger partial charge in [0, 0.05) is 86.3 Å². The number of ether oxygens (including phenoxy) is 1. The Morgan fingerprint density at radius 1 is 0.768 bits per heavy atom. The van der Waals surface area contributed by atoms with Gasteiger partial charge in [-0.15, -0.1) is 0 Å². The van der Waals surface area contributed by atoms with E-state index in [4.69, 9.17) is 4.74 Å². The zero-order chi connectivity index (χ0) is 47.6. The van der Waals surface area contributed by atoms with Crippen molar-refractivity contribution in [2.75, 3.05) is 60.1 Å². The first-order valence-electron chi connectivity index (χ1n) is 24.2. The molecule has 5 heterocycles. The van der Waals surface area contributed by atoms with Crippen molar-refractivity contribution < 1.29 is 37.5 Å². The number of hydrogen-bond donors (Lipinski definition) is 4. The molecule has 2 bridgehead atoms. The number of fused-ring (bicyclic) bond motifs is 3. The van der Waals surface area contributed by atoms with Crippen molar-refractivity contribution >= 4 is 63.2 Å². The van der Waals surface area contributed by atoms with Crippen LogP contribution in [0.4, 0.5) is 31.5 Å². The summed E-state index contributed by atoms with van der Waals surface area (Å²) in [6.07, 6.45) is 8.66. The van der Waals surface area contributed by atoms with Crippen LogP contribution >= 0.6 is 0 Å². The molecule has 4 saturated heterocycles. The largest absolute Gasteiger partial charge is 0.457 e. The summed E-state index contributed by atoms with van der Waals surface area (Å²) in [5, 5.41) is 11.5. The number of rotatable bonds is 16. The Hall–Kier alpha value is -6.78. The van der Waals surface area contributed by atoms with Gasteiger partial charge in [0.2, 0.25) is 29.5 Å². The molecule has 1 saturated carbocycles. The number of nitrogens with one attached hydrogen (secondary N) is 4. The van der Waals surface area contributed by atoms with Gasteiger partial charge >= 0.3 is 0 Å². The molecule has 4 aromatic carbocycles. The molecule has 5 aliphatic rings. The third-order valence-electron chi connectivity index (χ3n) is 14.7. The number of piperazine rings is 1. The van der Waals surface area contributed by atoms with E-state index in [2.05, 4.69) is 41.0 Å². The Bertz CT molecular complexity index is 2740. The second kappa shape index (κ2) is 19.7. The molecule has 4 N–H and O–H groups in total. The van der Waals surface area contributed by atoms with Crippen molar-refractivity contribution in [3.8, 4) is 11.5 Å². The summed E-state index contributed by atoms with van der Waals surface area (Å²) in [6.45, 7) is 5.71. The Labute approximate surface area is 399 Å². The van der Waals surface area contributed by atoms with Gasteiger partial charge in [-0.1, -0.05) is 12.1 Å². The molecule has 4 aliphatic heterocycles. The van der Waals surface area contributed by atoms with Crippen LogP contribution in [0.5, 0.6) is 11.5 Å². The monoisotopic (exact) mass is 938 g/mol. The first kappa shape index (κ1) is 46.0. The minimum absolute atomic E-state index is 0.0198. The molecule has 0 radical (unpaired) electrons. The van der Waals surface area contributed by atoms with E-state index in [1.54, 1.807) is 36.5 Å². The van der Waals surface area contributed by atoms with E-state index < -0.39 is 23.0 Å². The summed E-state index contributed by atoms with van der Waals surface area (Å²) in [7, 11) is 0. The number of halogens is 2. The van der Waals surface area contributed by atoms with Crippen molar-refractivity contribution in [3.05, 3.63) is 114 Å². The van der Waals surface area contributed by atoms with Gasteiger partial charge in [0.25, 0.3) is 0 Å². The number of nitrogens with zero attached hydrogens (tertiary/aromatic N) is 4. The highest BCUT2D eigenvalue weighted by molar-refractivity contribution is 6.17. The lowest BCUT2D eigenvalue weighted by atomic mass is 9.90. The number of piperidine rings is 2. The normalized spacial score (nSPS) is 21.2. The molecule has 1 unspecified atom stereocenters. The van der Waals surface area contributed by atoms with Gasteiger partial charge in [-0.3, -0.25) is 44.1 Å². The molecule has 358 valence electrons. The fraction of sp³-hybridized carbons (Fsp3) is 0.396. The molecule has 16 heteroatoms. The second-order valence-electron chi connectivity index (χ2n) is 19.3. The average molecular weight is 939 g/mol. The predicted molar refractivity (Wildman–Crippen MR) is 258 cm³/mol. The van der Waals surface area contributed by atoms with Gasteiger partial charge in [-0.2, -0.15) is 0 Å². The summed E-state index contributed by atoms with van der Waals surface area (Å²) < 4.78 is 35.4. The van der Waals surface area contributed by atoms with Crippen molar-refractivity contribution in [3.63, 3.8) is 0 Å². The SMILES string of the molecule is O=C1CCC(c2ccc(NC(=O)CCCCN3C[C@@H]4C[C@H]3CN4CC3CCN(c4cc5nccc(Oc6ccc(NC(=O)C7(C(=O)Nc8ccc(F)cc8)CC7)cc6)c5cc4F)CC3)cc2)C(=O)N1. The van der Waals surface area contributed by atoms with Gasteiger partial charge in [0.15, 0.2) is 0 Å². The molecular formula is C53H56F2N8O6. The number of benzene rings is 4. The van der Waals surface area contributed by atoms with Gasteiger partial charge < -0.3 is 25.6 Å². The second-order valence-corrected chi connectivity index (χ2v) is 19.3. The Balaban J connectivity index is 0.646. The first-order valence-corrected chi connectivity index (χ1v) is 24.2. The lowest BCUT2D eigenvalue weighted by Crippen LogP contribution is -2.49. The molecule has 1 aromatic heterocycles. The number of unbranched alkanes of at least 4 members (excludes halogenated alkanes) is 1. The van der Waals surface area contributed by atoms with Crippen LogP contribution in [0.2, 0.25) is 0 Å². The quantitative estimate of drug-likeness (QED) is 0.0434. The van der Waals surface area contributed by atoms with Crippen LogP contribution in [0.25, 0.3) is 10.9 Å². The Morgan fingerprint density at radius 3 is 2.09 bits per heavy atom. The molecule has 14 nitrogen and oxygen atoms in total. The lowest BCUT2D eigenvalue weighted by molar-refractivity contribution is -0.134. The third kappa shape index (κ3) is 10.3. The smallest absolute Gasteiger partial charge is 0.240 e. The molecule has 10 rings (SSSR count). The maximum absolute atomic E-state index is 15.9. The molecule has 5 aromatic rings. The highest BCUT2D eigenvalue weighted by Gasteiger charge is 2.56. The summed E-state index contributed by atoms with van der Waals surface area (Å²) in [4.78, 5) is 74.5. The topological polar surface area (TPSA) is 165 Å². The minimum Gasteiger partial charge on any atom is -0.457 e. The molecule has 5 fully saturated rings. The number of likely N-dealkylation sites (tertiary alicyclic amines) is 2. The number of carbonyl (C=O) groups is 5. The van der Waals surface area contributed by atoms with Crippen LogP contribution in [-0.2, 0) is 24.0 Å². The number of carbonyl (C=O) groups excluding carboxylic acids is 5. The van der Waals surface area contributed by atoms with Gasteiger partial charge in [-0.05, 0) is 148 Å². The maximum Gasteiger partial charge on any atom is 0.240 e. The van der Waals surface area contributed by atoms with Crippen molar-refractivity contribution in [2.24, 2.45) is 11.3 Å². The summed E-state index contributed by atoms with van der Waals surface area (Å²) >= 11 is 0. The average Bonchev–Trinajstić information content (AvgIpc) is 3.95. The van der Waals surface area contributed by atoms with Gasteiger partial charge in [0.1, 0.15) is 28.5 Å². The van der Waals surface area contributed by atoms with Gasteiger partial charge in [-0.25, -0.2) is 8.78 Å². The van der Waals surface area contributed by atoms with Crippen molar-refractivity contribution in [1.82, 2.24) is 20.1 Å². The predicted octanol–water partition coefficient (Wildman–Crippen LogP) is 7.97. The molecule has 69 heavy (non-hydrogen) atoms. The molecular weight excluding hydrogens is 883 g/mol. The van der Waals surface area contributed by atoms with E-state index in [1.165, 1.54) is 36.8 Å². The van der Waals surface area contributed by atoms with Crippen LogP contribution < -0.4 is 30.9 Å². The zero-order valence-electron chi connectivity index (χ0n) is 38.4. The molecule has 0 spiro atoms. The molecule has 5 amide bonds. The first-order chi connectivity index (χ1) is 33.5. The highest BCUT2D eigenvalue weighted by Crippen LogP contribution is 2.48. The lowest BCUT2D eigenvalue weighted by Gasteiger charge is -2.39. The fourth-order valence-corrected chi connectivity index (χ4v) is 10.6. The van der Waals surface area contributed by atoms with Gasteiger partial charge in [0.05, 0.1) is 17.1 Å². The maximum atomic E-state index is 15.9. The van der Waals surface area contributed by atoms with Crippen LogP contribution in [-0.4, -0.2) is 95.7 Å². The number of pyridine rings is 1. The van der Waals surface area contributed by atoms with Crippen LogP contribution in [0.15, 0.2) is 97.2 Å². The van der Waals surface area contributed by atoms with Crippen molar-refractivity contribution in [2.45, 2.75) is 82.2 Å². The number of amides is 5. The van der Waals surface area contributed by atoms with Crippen LogP contribution in [0.3, 0.4) is 0 Å². The number of imide groups is 1. The summed E-state index contributed by atoms with van der Waals surface area (Å²) in [5.74, 6) is -0.989. The molecule has 3 atom stereocenters. The Kier molecular flexibility index (Phi) is 13.1. The van der Waals surface area contributed by atoms with Crippen molar-refractivity contribution in [1.29, 1.82) is 0 Å². The highest BCUT2D eigenvalue weighted by atomic mass is 19.1. The standard InChI is InChI=1S/C53H56F2N8O6/c54-35-6-10-37(11-7-35)58-51(67)53(21-22-53)52(68)59-38-12-14-41(15-13-38)69-47-18-23-56-45-29-46(44(55)28-43(45)47)61-25-19-33(20-26-61)30-63-32-39-27-40(63)31-62(39)24-2-1-3-48(64)57-36-8-4-34(5-9-36)42-16-17-49(65)60-50(42)66/h4-15,18,23,28-29,33,39-40,42H,1-3,16-17,19-22,24-27,30-32H2,(H,57,64)(H,58,67)(H,59,68)(H,60,65,66)/t39-,40-,42?/m0/s1. The van der Waals surface area contributed by atoms with E-state index in [0.29, 0.717) is 95.3 Å². The number of anilines is 4. The molecule has 1 aliphatic carbocycles. The van der Waals surface area contributed by atoms with E-state index in [0.717, 1.165) is 70.5 Å². The third-order valence-corrected chi connectivity index (χ3v) is 14.7. The van der Waals surface area contributed by atoms with E-state index in [9.17, 15) is 28.4 Å². The minimum atomic E-state index is -1.19. The number of aromatic nitrogens is 1. The van der Waals surface area contributed by atoms with E-state index in [1.807, 2.05) is 30.3 Å². The van der Waals surface area contributed by atoms with Crippen LogP contribution in [0.1, 0.15) is 75.7 Å². The number of hydrogen-bond acceptors (Lipinski definition) is 10. The fourth-order valence-electron chi connectivity index (χ4n) is 10.6. The summed E-state index contributed by atoms with van der Waals surface area (Å²) in [5.41, 5.74) is 2.43. The van der Waals surface area contributed by atoms with E-state index in [-0.39, 0.29) is 29.5 Å². The van der Waals surface area contributed by atoms with E-state index >= 15 is 4.39 Å². The Morgan fingerprint density at radius 2 is 1.42 bits per heavy atom. The van der Waals surface area contributed by atoms with Crippen LogP contribution in [0, 0.1) is 23.0 Å².